The molecule has 1 fully saturated rings. The van der Waals surface area contributed by atoms with E-state index < -0.39 is 0 Å². The van der Waals surface area contributed by atoms with E-state index in [1.165, 1.54) is 11.1 Å². The van der Waals surface area contributed by atoms with Crippen molar-refractivity contribution in [1.29, 1.82) is 0 Å². The number of aromatic nitrogens is 3. The molecular formula is C18H20N4O2S3. The van der Waals surface area contributed by atoms with Gasteiger partial charge >= 0.3 is 0 Å². The maximum Gasteiger partial charge on any atom is 0.175 e. The molecule has 142 valence electrons. The number of hydrogen-bond acceptors (Lipinski definition) is 7. The molecule has 2 aliphatic rings. The lowest BCUT2D eigenvalue weighted by atomic mass is 9.90. The normalized spacial score (nSPS) is 19.6. The summed E-state index contributed by atoms with van der Waals surface area (Å²) < 4.78 is 13.9. The first-order chi connectivity index (χ1) is 12.9. The minimum absolute atomic E-state index is 0.216. The van der Waals surface area contributed by atoms with Crippen molar-refractivity contribution in [2.75, 3.05) is 31.2 Å². The molecule has 3 aromatic heterocycles. The number of ether oxygens (including phenoxy) is 2. The monoisotopic (exact) mass is 420 g/mol. The summed E-state index contributed by atoms with van der Waals surface area (Å²) in [6.07, 6.45) is 0.830. The highest BCUT2D eigenvalue weighted by Gasteiger charge is 2.33. The summed E-state index contributed by atoms with van der Waals surface area (Å²) in [5.41, 5.74) is 3.27. The standard InChI is InChI=1S/C18H20N4O2S3/c1-18(2)7-9-10(8-24-18)14(22-3-5-23-6-4-22)20-16-11(9)12-13(27-16)15(25)21-17(26)19-12/h3-8H2,1-2H3,(H2,19,21,25,26). The summed E-state index contributed by atoms with van der Waals surface area (Å²) in [5, 5.41) is 1.14. The summed E-state index contributed by atoms with van der Waals surface area (Å²) >= 11 is 12.5. The van der Waals surface area contributed by atoms with Gasteiger partial charge in [-0.2, -0.15) is 0 Å². The molecule has 6 nitrogen and oxygen atoms in total. The van der Waals surface area contributed by atoms with E-state index in [1.54, 1.807) is 11.3 Å². The molecular weight excluding hydrogens is 400 g/mol. The number of thiophene rings is 1. The number of anilines is 1. The van der Waals surface area contributed by atoms with Gasteiger partial charge in [0, 0.05) is 30.5 Å². The molecule has 0 aliphatic carbocycles. The fourth-order valence-corrected chi connectivity index (χ4v) is 5.59. The van der Waals surface area contributed by atoms with E-state index >= 15 is 0 Å². The van der Waals surface area contributed by atoms with Crippen molar-refractivity contribution < 1.29 is 9.47 Å². The van der Waals surface area contributed by atoms with Crippen molar-refractivity contribution >= 4 is 62.0 Å². The largest absolute Gasteiger partial charge is 0.378 e. The van der Waals surface area contributed by atoms with E-state index in [0.717, 1.165) is 59.0 Å². The first-order valence-corrected chi connectivity index (χ1v) is 10.6. The number of nitrogens with zero attached hydrogens (tertiary/aromatic N) is 2. The molecule has 9 heteroatoms. The van der Waals surface area contributed by atoms with Gasteiger partial charge in [0.15, 0.2) is 4.77 Å². The second-order valence-corrected chi connectivity index (χ2v) is 9.43. The van der Waals surface area contributed by atoms with Crippen molar-refractivity contribution in [2.24, 2.45) is 0 Å². The van der Waals surface area contributed by atoms with Crippen LogP contribution in [-0.2, 0) is 22.5 Å². The average Bonchev–Trinajstić information content (AvgIpc) is 3.00. The number of H-pyrrole nitrogens is 2. The maximum absolute atomic E-state index is 6.16. The van der Waals surface area contributed by atoms with Crippen LogP contribution in [0.15, 0.2) is 0 Å². The predicted molar refractivity (Wildman–Crippen MR) is 113 cm³/mol. The summed E-state index contributed by atoms with van der Waals surface area (Å²) in [5.74, 6) is 1.02. The Morgan fingerprint density at radius 2 is 1.93 bits per heavy atom. The second kappa shape index (κ2) is 6.31. The predicted octanol–water partition coefficient (Wildman–Crippen LogP) is 4.25. The van der Waals surface area contributed by atoms with Gasteiger partial charge in [-0.15, -0.1) is 11.3 Å². The molecule has 1 saturated heterocycles. The van der Waals surface area contributed by atoms with E-state index in [1.807, 2.05) is 0 Å². The molecule has 2 N–H and O–H groups in total. The molecule has 0 bridgehead atoms. The molecule has 0 saturated carbocycles. The number of rotatable bonds is 1. The van der Waals surface area contributed by atoms with Gasteiger partial charge in [0.1, 0.15) is 15.3 Å². The zero-order valence-electron chi connectivity index (χ0n) is 15.2. The molecule has 2 aliphatic heterocycles. The smallest absolute Gasteiger partial charge is 0.175 e. The quantitative estimate of drug-likeness (QED) is 0.574. The average molecular weight is 421 g/mol. The van der Waals surface area contributed by atoms with Crippen LogP contribution in [0.2, 0.25) is 0 Å². The highest BCUT2D eigenvalue weighted by molar-refractivity contribution is 7.72. The number of nitrogens with one attached hydrogen (secondary N) is 2. The molecule has 5 rings (SSSR count). The molecule has 0 unspecified atom stereocenters. The van der Waals surface area contributed by atoms with Crippen LogP contribution >= 0.6 is 35.8 Å². The molecule has 0 atom stereocenters. The first-order valence-electron chi connectivity index (χ1n) is 9.00. The van der Waals surface area contributed by atoms with Crippen molar-refractivity contribution in [2.45, 2.75) is 32.5 Å². The molecule has 27 heavy (non-hydrogen) atoms. The van der Waals surface area contributed by atoms with Crippen LogP contribution in [0.3, 0.4) is 0 Å². The molecule has 0 amide bonds. The van der Waals surface area contributed by atoms with Gasteiger partial charge in [0.2, 0.25) is 0 Å². The number of fused-ring (bicyclic) bond motifs is 5. The first kappa shape index (κ1) is 17.7. The van der Waals surface area contributed by atoms with Gasteiger partial charge in [-0.3, -0.25) is 0 Å². The van der Waals surface area contributed by atoms with Gasteiger partial charge < -0.3 is 24.3 Å². The van der Waals surface area contributed by atoms with Crippen LogP contribution in [0, 0.1) is 9.41 Å². The van der Waals surface area contributed by atoms with Crippen LogP contribution in [0.25, 0.3) is 20.4 Å². The van der Waals surface area contributed by atoms with Gasteiger partial charge in [0.05, 0.1) is 35.6 Å². The highest BCUT2D eigenvalue weighted by Crippen LogP contribution is 2.42. The highest BCUT2D eigenvalue weighted by atomic mass is 32.1. The summed E-state index contributed by atoms with van der Waals surface area (Å²) in [6, 6.07) is 0. The summed E-state index contributed by atoms with van der Waals surface area (Å²) in [6.45, 7) is 8.00. The van der Waals surface area contributed by atoms with Crippen molar-refractivity contribution in [3.8, 4) is 0 Å². The Balaban J connectivity index is 1.86. The third-order valence-electron chi connectivity index (χ3n) is 5.23. The lowest BCUT2D eigenvalue weighted by Crippen LogP contribution is -2.39. The molecule has 0 radical (unpaired) electrons. The van der Waals surface area contributed by atoms with E-state index in [9.17, 15) is 0 Å². The Morgan fingerprint density at radius 3 is 2.70 bits per heavy atom. The van der Waals surface area contributed by atoms with Gasteiger partial charge in [-0.05, 0) is 31.6 Å². The van der Waals surface area contributed by atoms with E-state index in [-0.39, 0.29) is 5.60 Å². The van der Waals surface area contributed by atoms with E-state index in [2.05, 4.69) is 28.7 Å². The Labute approximate surface area is 170 Å². The van der Waals surface area contributed by atoms with Crippen LogP contribution in [0.4, 0.5) is 5.82 Å². The number of morpholine rings is 1. The zero-order valence-corrected chi connectivity index (χ0v) is 17.6. The number of pyridine rings is 1. The number of hydrogen-bond donors (Lipinski definition) is 2. The molecule has 5 heterocycles. The van der Waals surface area contributed by atoms with E-state index in [0.29, 0.717) is 16.0 Å². The van der Waals surface area contributed by atoms with Crippen molar-refractivity contribution in [1.82, 2.24) is 15.0 Å². The second-order valence-electron chi connectivity index (χ2n) is 7.61. The Hall–Kier alpha value is -1.39. The minimum Gasteiger partial charge on any atom is -0.378 e. The van der Waals surface area contributed by atoms with Crippen LogP contribution in [0.5, 0.6) is 0 Å². The topological polar surface area (TPSA) is 66.2 Å². The van der Waals surface area contributed by atoms with Crippen molar-refractivity contribution in [3.63, 3.8) is 0 Å². The fraction of sp³-hybridized carbons (Fsp3) is 0.500. The van der Waals surface area contributed by atoms with Crippen LogP contribution in [0.1, 0.15) is 25.0 Å². The van der Waals surface area contributed by atoms with Gasteiger partial charge in [0.25, 0.3) is 0 Å². The molecule has 3 aromatic rings. The van der Waals surface area contributed by atoms with Gasteiger partial charge in [-0.1, -0.05) is 12.2 Å². The van der Waals surface area contributed by atoms with Crippen LogP contribution < -0.4 is 4.90 Å². The zero-order chi connectivity index (χ0) is 18.8. The fourth-order valence-electron chi connectivity index (χ4n) is 3.94. The summed E-state index contributed by atoms with van der Waals surface area (Å²) in [7, 11) is 0. The lowest BCUT2D eigenvalue weighted by Gasteiger charge is -2.36. The minimum atomic E-state index is -0.216. The van der Waals surface area contributed by atoms with Gasteiger partial charge in [-0.25, -0.2) is 4.98 Å². The maximum atomic E-state index is 6.16. The lowest BCUT2D eigenvalue weighted by molar-refractivity contribution is -0.0396. The Morgan fingerprint density at radius 1 is 1.15 bits per heavy atom. The van der Waals surface area contributed by atoms with E-state index in [4.69, 9.17) is 38.9 Å². The summed E-state index contributed by atoms with van der Waals surface area (Å²) in [4.78, 5) is 14.8. The Kier molecular flexibility index (Phi) is 4.14. The SMILES string of the molecule is CC1(C)Cc2c(c(N3CCOCC3)nc3sc4c(=S)[nH]c(=S)[nH]c4c23)CO1. The molecule has 0 aromatic carbocycles. The third kappa shape index (κ3) is 2.92. The Bertz CT molecular complexity index is 1170. The van der Waals surface area contributed by atoms with Crippen molar-refractivity contribution in [3.05, 3.63) is 20.5 Å². The number of aromatic amines is 2. The third-order valence-corrected chi connectivity index (χ3v) is 6.97. The van der Waals surface area contributed by atoms with Crippen LogP contribution in [-0.4, -0.2) is 46.9 Å². The molecule has 0 spiro atoms.